The molecule has 23 heavy (non-hydrogen) atoms. The number of piperidine rings is 1. The van der Waals surface area contributed by atoms with Crippen LogP contribution in [0.5, 0.6) is 0 Å². The molecular formula is C16H29N5O2. The van der Waals surface area contributed by atoms with Gasteiger partial charge >= 0.3 is 0 Å². The summed E-state index contributed by atoms with van der Waals surface area (Å²) in [5.74, 6) is 0.429. The van der Waals surface area contributed by atoms with Gasteiger partial charge in [0.05, 0.1) is 6.20 Å². The number of aromatic nitrogens is 2. The number of likely N-dealkylation sites (N-methyl/N-ethyl adjacent to an activating group) is 1. The third-order valence-electron chi connectivity index (χ3n) is 4.47. The lowest BCUT2D eigenvalue weighted by Crippen LogP contribution is -2.53. The van der Waals surface area contributed by atoms with E-state index in [0.29, 0.717) is 18.5 Å². The number of rotatable bonds is 7. The van der Waals surface area contributed by atoms with E-state index in [1.54, 1.807) is 7.11 Å². The van der Waals surface area contributed by atoms with Gasteiger partial charge in [-0.3, -0.25) is 14.4 Å². The Morgan fingerprint density at radius 3 is 2.91 bits per heavy atom. The lowest BCUT2D eigenvalue weighted by Gasteiger charge is -2.41. The predicted molar refractivity (Wildman–Crippen MR) is 89.0 cm³/mol. The van der Waals surface area contributed by atoms with Gasteiger partial charge in [-0.15, -0.1) is 0 Å². The van der Waals surface area contributed by atoms with E-state index in [2.05, 4.69) is 40.5 Å². The van der Waals surface area contributed by atoms with Crippen molar-refractivity contribution in [1.82, 2.24) is 24.9 Å². The second-order valence-electron chi connectivity index (χ2n) is 6.57. The number of hydrogen-bond donors (Lipinski definition) is 1. The number of aryl methyl sites for hydroxylation is 1. The normalized spacial score (nSPS) is 22.5. The first-order valence-corrected chi connectivity index (χ1v) is 8.11. The van der Waals surface area contributed by atoms with Gasteiger partial charge in [-0.05, 0) is 33.0 Å². The van der Waals surface area contributed by atoms with Crippen LogP contribution in [-0.2, 0) is 23.1 Å². The van der Waals surface area contributed by atoms with Crippen molar-refractivity contribution in [2.24, 2.45) is 13.0 Å². The second-order valence-corrected chi connectivity index (χ2v) is 6.57. The van der Waals surface area contributed by atoms with Crippen LogP contribution in [0.4, 0.5) is 0 Å². The average Bonchev–Trinajstić information content (AvgIpc) is 2.91. The fourth-order valence-corrected chi connectivity index (χ4v) is 3.25. The summed E-state index contributed by atoms with van der Waals surface area (Å²) in [7, 11) is 7.71. The standard InChI is InChI=1S/C16H29N5O2/c1-19(2)15-11-21(10-13-7-18-20(3)9-13)6-5-14(15)8-17-16(22)12-23-4/h7,9,14-15H,5-6,8,10-12H2,1-4H3,(H,17,22)/t14-,15-/m1/s1. The third-order valence-corrected chi connectivity index (χ3v) is 4.47. The molecule has 1 N–H and O–H groups in total. The highest BCUT2D eigenvalue weighted by Crippen LogP contribution is 2.22. The number of nitrogens with one attached hydrogen (secondary N) is 1. The molecule has 1 fully saturated rings. The first-order chi connectivity index (χ1) is 11.0. The van der Waals surface area contributed by atoms with Gasteiger partial charge in [-0.2, -0.15) is 5.10 Å². The molecule has 2 rings (SSSR count). The highest BCUT2D eigenvalue weighted by Gasteiger charge is 2.30. The van der Waals surface area contributed by atoms with Crippen molar-refractivity contribution in [1.29, 1.82) is 0 Å². The Labute approximate surface area is 138 Å². The number of ether oxygens (including phenoxy) is 1. The van der Waals surface area contributed by atoms with E-state index < -0.39 is 0 Å². The first kappa shape index (κ1) is 17.9. The molecule has 0 saturated carbocycles. The minimum absolute atomic E-state index is 0.0391. The van der Waals surface area contributed by atoms with Crippen LogP contribution in [0.25, 0.3) is 0 Å². The summed E-state index contributed by atoms with van der Waals surface area (Å²) in [6.45, 7) is 3.83. The van der Waals surface area contributed by atoms with Crippen LogP contribution < -0.4 is 5.32 Å². The van der Waals surface area contributed by atoms with Crippen LogP contribution in [0.3, 0.4) is 0 Å². The maximum atomic E-state index is 11.6. The highest BCUT2D eigenvalue weighted by atomic mass is 16.5. The van der Waals surface area contributed by atoms with Crippen molar-refractivity contribution < 1.29 is 9.53 Å². The van der Waals surface area contributed by atoms with Crippen molar-refractivity contribution in [2.75, 3.05) is 47.4 Å². The quantitative estimate of drug-likeness (QED) is 0.761. The average molecular weight is 323 g/mol. The molecule has 130 valence electrons. The zero-order chi connectivity index (χ0) is 16.8. The van der Waals surface area contributed by atoms with Crippen LogP contribution in [0, 0.1) is 5.92 Å². The van der Waals surface area contributed by atoms with Gasteiger partial charge in [-0.1, -0.05) is 0 Å². The van der Waals surface area contributed by atoms with E-state index in [-0.39, 0.29) is 12.5 Å². The zero-order valence-corrected chi connectivity index (χ0v) is 14.7. The summed E-state index contributed by atoms with van der Waals surface area (Å²) in [6.07, 6.45) is 5.08. The van der Waals surface area contributed by atoms with Crippen LogP contribution in [0.2, 0.25) is 0 Å². The van der Waals surface area contributed by atoms with E-state index in [1.807, 2.05) is 17.9 Å². The van der Waals surface area contributed by atoms with Crippen molar-refractivity contribution in [3.8, 4) is 0 Å². The van der Waals surface area contributed by atoms with Crippen molar-refractivity contribution >= 4 is 5.91 Å². The Balaban J connectivity index is 1.88. The molecule has 0 aliphatic carbocycles. The lowest BCUT2D eigenvalue weighted by molar-refractivity contribution is -0.125. The Morgan fingerprint density at radius 1 is 1.52 bits per heavy atom. The Morgan fingerprint density at radius 2 is 2.30 bits per heavy atom. The molecule has 1 amide bonds. The molecule has 1 saturated heterocycles. The van der Waals surface area contributed by atoms with E-state index in [0.717, 1.165) is 26.1 Å². The minimum atomic E-state index is -0.0391. The SMILES string of the molecule is COCC(=O)NC[C@H]1CCN(Cc2cnn(C)c2)C[C@H]1N(C)C. The molecule has 2 heterocycles. The summed E-state index contributed by atoms with van der Waals surface area (Å²) in [6, 6.07) is 0.434. The molecule has 2 atom stereocenters. The smallest absolute Gasteiger partial charge is 0.245 e. The lowest BCUT2D eigenvalue weighted by atomic mass is 9.90. The first-order valence-electron chi connectivity index (χ1n) is 8.11. The molecule has 1 aromatic heterocycles. The van der Waals surface area contributed by atoms with Gasteiger partial charge in [0.2, 0.25) is 5.91 Å². The minimum Gasteiger partial charge on any atom is -0.375 e. The molecule has 0 aromatic carbocycles. The topological polar surface area (TPSA) is 62.6 Å². The summed E-state index contributed by atoms with van der Waals surface area (Å²) in [5, 5.41) is 7.22. The summed E-state index contributed by atoms with van der Waals surface area (Å²) >= 11 is 0. The van der Waals surface area contributed by atoms with Crippen LogP contribution in [0.15, 0.2) is 12.4 Å². The molecule has 0 radical (unpaired) electrons. The van der Waals surface area contributed by atoms with E-state index in [1.165, 1.54) is 5.56 Å². The Kier molecular flexibility index (Phi) is 6.56. The summed E-state index contributed by atoms with van der Waals surface area (Å²) in [4.78, 5) is 16.3. The molecule has 1 aliphatic rings. The van der Waals surface area contributed by atoms with Crippen LogP contribution in [0.1, 0.15) is 12.0 Å². The number of carbonyl (C=O) groups excluding carboxylic acids is 1. The predicted octanol–water partition coefficient (Wildman–Crippen LogP) is -0.0652. The van der Waals surface area contributed by atoms with Crippen LogP contribution >= 0.6 is 0 Å². The number of hydrogen-bond acceptors (Lipinski definition) is 5. The fraction of sp³-hybridized carbons (Fsp3) is 0.750. The maximum Gasteiger partial charge on any atom is 0.245 e. The molecule has 0 spiro atoms. The molecule has 1 aromatic rings. The van der Waals surface area contributed by atoms with Crippen molar-refractivity contribution in [3.63, 3.8) is 0 Å². The number of nitrogens with zero attached hydrogens (tertiary/aromatic N) is 4. The molecule has 7 nitrogen and oxygen atoms in total. The summed E-state index contributed by atoms with van der Waals surface area (Å²) in [5.41, 5.74) is 1.25. The Bertz CT molecular complexity index is 502. The van der Waals surface area contributed by atoms with Crippen molar-refractivity contribution in [2.45, 2.75) is 19.0 Å². The van der Waals surface area contributed by atoms with E-state index in [9.17, 15) is 4.79 Å². The number of amides is 1. The van der Waals surface area contributed by atoms with E-state index >= 15 is 0 Å². The molecule has 1 aliphatic heterocycles. The number of carbonyl (C=O) groups is 1. The molecule has 0 unspecified atom stereocenters. The zero-order valence-electron chi connectivity index (χ0n) is 14.7. The Hall–Kier alpha value is -1.44. The van der Waals surface area contributed by atoms with Crippen molar-refractivity contribution in [3.05, 3.63) is 18.0 Å². The second kappa shape index (κ2) is 8.42. The maximum absolute atomic E-state index is 11.6. The summed E-state index contributed by atoms with van der Waals surface area (Å²) < 4.78 is 6.71. The van der Waals surface area contributed by atoms with Gasteiger partial charge in [0.15, 0.2) is 0 Å². The van der Waals surface area contributed by atoms with E-state index in [4.69, 9.17) is 4.74 Å². The third kappa shape index (κ3) is 5.30. The molecule has 7 heteroatoms. The van der Waals surface area contributed by atoms with Crippen LogP contribution in [-0.4, -0.2) is 79.0 Å². The van der Waals surface area contributed by atoms with Gasteiger partial charge in [0.1, 0.15) is 6.61 Å². The number of likely N-dealkylation sites (tertiary alicyclic amines) is 1. The fourth-order valence-electron chi connectivity index (χ4n) is 3.25. The van der Waals surface area contributed by atoms with Gasteiger partial charge in [0, 0.05) is 51.6 Å². The monoisotopic (exact) mass is 323 g/mol. The molecular weight excluding hydrogens is 294 g/mol. The highest BCUT2D eigenvalue weighted by molar-refractivity contribution is 5.77. The van der Waals surface area contributed by atoms with Gasteiger partial charge in [0.25, 0.3) is 0 Å². The largest absolute Gasteiger partial charge is 0.375 e. The van der Waals surface area contributed by atoms with Gasteiger partial charge in [-0.25, -0.2) is 0 Å². The van der Waals surface area contributed by atoms with Gasteiger partial charge < -0.3 is 15.0 Å². The molecule has 0 bridgehead atoms. The number of methoxy groups -OCH3 is 1.